The van der Waals surface area contributed by atoms with Gasteiger partial charge >= 0.3 is 0 Å². The Bertz CT molecular complexity index is 1090. The quantitative estimate of drug-likeness (QED) is 0.546. The zero-order valence-electron chi connectivity index (χ0n) is 14.5. The first kappa shape index (κ1) is 17.2. The third-order valence-corrected chi connectivity index (χ3v) is 4.55. The van der Waals surface area contributed by atoms with Crippen molar-refractivity contribution >= 4 is 28.4 Å². The number of aromatic nitrogens is 4. The molecule has 0 fully saturated rings. The number of pyridine rings is 1. The van der Waals surface area contributed by atoms with Gasteiger partial charge in [0, 0.05) is 5.39 Å². The van der Waals surface area contributed by atoms with E-state index in [9.17, 15) is 4.79 Å². The number of carbonyl (C=O) groups excluding carboxylic acids is 1. The summed E-state index contributed by atoms with van der Waals surface area (Å²) in [4.78, 5) is 21.0. The smallest absolute Gasteiger partial charge is 0.252 e. The highest BCUT2D eigenvalue weighted by atomic mass is 35.5. The molecule has 2 aromatic carbocycles. The molecule has 1 unspecified atom stereocenters. The number of para-hydroxylation sites is 1. The molecule has 6 nitrogen and oxygen atoms in total. The van der Waals surface area contributed by atoms with E-state index in [4.69, 9.17) is 11.6 Å². The molecule has 0 aliphatic carbocycles. The Morgan fingerprint density at radius 1 is 1.15 bits per heavy atom. The average molecular weight is 378 g/mol. The van der Waals surface area contributed by atoms with Gasteiger partial charge in [0.05, 0.1) is 22.8 Å². The lowest BCUT2D eigenvalue weighted by atomic mass is 10.1. The first-order chi connectivity index (χ1) is 13.1. The van der Waals surface area contributed by atoms with Gasteiger partial charge in [0.25, 0.3) is 5.91 Å². The maximum Gasteiger partial charge on any atom is 0.252 e. The molecule has 2 heterocycles. The van der Waals surface area contributed by atoms with Gasteiger partial charge in [0.2, 0.25) is 0 Å². The topological polar surface area (TPSA) is 72.7 Å². The van der Waals surface area contributed by atoms with E-state index in [0.29, 0.717) is 16.2 Å². The van der Waals surface area contributed by atoms with Gasteiger partial charge in [-0.3, -0.25) is 4.79 Å². The Morgan fingerprint density at radius 3 is 2.67 bits per heavy atom. The molecule has 1 N–H and O–H groups in total. The third kappa shape index (κ3) is 3.52. The van der Waals surface area contributed by atoms with Crippen LogP contribution in [0.15, 0.2) is 67.3 Å². The van der Waals surface area contributed by atoms with Gasteiger partial charge in [-0.15, -0.1) is 0 Å². The van der Waals surface area contributed by atoms with E-state index < -0.39 is 0 Å². The fourth-order valence-corrected chi connectivity index (χ4v) is 3.15. The van der Waals surface area contributed by atoms with Crippen molar-refractivity contribution in [1.82, 2.24) is 25.1 Å². The van der Waals surface area contributed by atoms with Crippen LogP contribution in [0.2, 0.25) is 5.15 Å². The second-order valence-electron chi connectivity index (χ2n) is 6.14. The molecule has 4 rings (SSSR count). The summed E-state index contributed by atoms with van der Waals surface area (Å²) >= 11 is 6.08. The fraction of sp³-hybridized carbons (Fsp3) is 0.100. The molecule has 1 atom stereocenters. The highest BCUT2D eigenvalue weighted by Crippen LogP contribution is 2.22. The number of fused-ring (bicyclic) bond motifs is 1. The minimum absolute atomic E-state index is 0.173. The second kappa shape index (κ2) is 7.17. The van der Waals surface area contributed by atoms with E-state index >= 15 is 0 Å². The summed E-state index contributed by atoms with van der Waals surface area (Å²) in [6.45, 7) is 1.94. The Labute approximate surface area is 160 Å². The number of rotatable bonds is 4. The molecule has 0 saturated heterocycles. The monoisotopic (exact) mass is 377 g/mol. The molecule has 4 aromatic rings. The van der Waals surface area contributed by atoms with Crippen molar-refractivity contribution in [3.8, 4) is 5.69 Å². The number of nitrogens with zero attached hydrogens (tertiary/aromatic N) is 4. The molecule has 0 spiro atoms. The number of hydrogen-bond donors (Lipinski definition) is 1. The van der Waals surface area contributed by atoms with Crippen LogP contribution in [0.3, 0.4) is 0 Å². The fourth-order valence-electron chi connectivity index (χ4n) is 2.95. The van der Waals surface area contributed by atoms with Crippen LogP contribution in [0.25, 0.3) is 16.6 Å². The van der Waals surface area contributed by atoms with Gasteiger partial charge in [-0.05, 0) is 36.8 Å². The minimum Gasteiger partial charge on any atom is -0.345 e. The highest BCUT2D eigenvalue weighted by Gasteiger charge is 2.15. The maximum atomic E-state index is 12.8. The number of amides is 1. The number of carbonyl (C=O) groups is 1. The van der Waals surface area contributed by atoms with Crippen LogP contribution in [0.4, 0.5) is 0 Å². The largest absolute Gasteiger partial charge is 0.345 e. The molecule has 0 radical (unpaired) electrons. The summed E-state index contributed by atoms with van der Waals surface area (Å²) < 4.78 is 1.68. The predicted octanol–water partition coefficient (Wildman–Crippen LogP) is 3.96. The SMILES string of the molecule is CC(NC(=O)c1cc(Cl)nc2ccccc12)c1ccc(-n2cncn2)cc1. The Hall–Kier alpha value is -3.25. The molecule has 7 heteroatoms. The van der Waals surface area contributed by atoms with Crippen LogP contribution >= 0.6 is 11.6 Å². The first-order valence-corrected chi connectivity index (χ1v) is 8.81. The molecule has 0 bridgehead atoms. The van der Waals surface area contributed by atoms with Crippen LogP contribution in [0.1, 0.15) is 28.9 Å². The molecule has 0 aliphatic rings. The van der Waals surface area contributed by atoms with Gasteiger partial charge in [-0.1, -0.05) is 41.9 Å². The van der Waals surface area contributed by atoms with Crippen LogP contribution in [0.5, 0.6) is 0 Å². The van der Waals surface area contributed by atoms with E-state index in [0.717, 1.165) is 16.6 Å². The predicted molar refractivity (Wildman–Crippen MR) is 104 cm³/mol. The number of hydrogen-bond acceptors (Lipinski definition) is 4. The number of halogens is 1. The first-order valence-electron chi connectivity index (χ1n) is 8.43. The molecule has 27 heavy (non-hydrogen) atoms. The Kier molecular flexibility index (Phi) is 4.56. The van der Waals surface area contributed by atoms with E-state index in [1.54, 1.807) is 17.1 Å². The maximum absolute atomic E-state index is 12.8. The lowest BCUT2D eigenvalue weighted by Gasteiger charge is -2.16. The van der Waals surface area contributed by atoms with E-state index in [1.807, 2.05) is 55.5 Å². The summed E-state index contributed by atoms with van der Waals surface area (Å²) in [5.41, 5.74) is 3.09. The molecule has 0 saturated carbocycles. The van der Waals surface area contributed by atoms with E-state index in [-0.39, 0.29) is 11.9 Å². The van der Waals surface area contributed by atoms with Crippen molar-refractivity contribution in [3.63, 3.8) is 0 Å². The van der Waals surface area contributed by atoms with Crippen LogP contribution in [-0.2, 0) is 0 Å². The van der Waals surface area contributed by atoms with Gasteiger partial charge in [-0.2, -0.15) is 5.10 Å². The van der Waals surface area contributed by atoms with Crippen molar-refractivity contribution in [2.75, 3.05) is 0 Å². The summed E-state index contributed by atoms with van der Waals surface area (Å²) in [6.07, 6.45) is 3.12. The van der Waals surface area contributed by atoms with Gasteiger partial charge in [0.15, 0.2) is 0 Å². The number of nitrogens with one attached hydrogen (secondary N) is 1. The zero-order valence-corrected chi connectivity index (χ0v) is 15.3. The van der Waals surface area contributed by atoms with Crippen molar-refractivity contribution in [3.05, 3.63) is 83.5 Å². The highest BCUT2D eigenvalue weighted by molar-refractivity contribution is 6.30. The standard InChI is InChI=1S/C20H16ClN5O/c1-13(14-6-8-15(9-7-14)26-12-22-11-23-26)24-20(27)17-10-19(21)25-18-5-3-2-4-16(17)18/h2-13H,1H3,(H,24,27). The zero-order chi connectivity index (χ0) is 18.8. The molecular formula is C20H16ClN5O. The summed E-state index contributed by atoms with van der Waals surface area (Å²) in [7, 11) is 0. The minimum atomic E-state index is -0.191. The van der Waals surface area contributed by atoms with E-state index in [2.05, 4.69) is 20.4 Å². The summed E-state index contributed by atoms with van der Waals surface area (Å²) in [5, 5.41) is 8.20. The van der Waals surface area contributed by atoms with Crippen molar-refractivity contribution in [2.24, 2.45) is 0 Å². The van der Waals surface area contributed by atoms with Gasteiger partial charge in [0.1, 0.15) is 17.8 Å². The Morgan fingerprint density at radius 2 is 1.93 bits per heavy atom. The molecule has 0 aliphatic heterocycles. The Balaban J connectivity index is 1.56. The van der Waals surface area contributed by atoms with Gasteiger partial charge < -0.3 is 5.32 Å². The second-order valence-corrected chi connectivity index (χ2v) is 6.52. The van der Waals surface area contributed by atoms with Crippen LogP contribution in [-0.4, -0.2) is 25.7 Å². The molecule has 1 amide bonds. The molecule has 134 valence electrons. The summed E-state index contributed by atoms with van der Waals surface area (Å²) in [6, 6.07) is 16.7. The lowest BCUT2D eigenvalue weighted by Crippen LogP contribution is -2.27. The third-order valence-electron chi connectivity index (χ3n) is 4.35. The average Bonchev–Trinajstić information content (AvgIpc) is 3.22. The lowest BCUT2D eigenvalue weighted by molar-refractivity contribution is 0.0941. The van der Waals surface area contributed by atoms with Crippen molar-refractivity contribution in [1.29, 1.82) is 0 Å². The normalized spacial score (nSPS) is 12.1. The van der Waals surface area contributed by atoms with Crippen LogP contribution < -0.4 is 5.32 Å². The van der Waals surface area contributed by atoms with Crippen molar-refractivity contribution in [2.45, 2.75) is 13.0 Å². The molecular weight excluding hydrogens is 362 g/mol. The number of benzene rings is 2. The van der Waals surface area contributed by atoms with Crippen molar-refractivity contribution < 1.29 is 4.79 Å². The van der Waals surface area contributed by atoms with Crippen LogP contribution in [0, 0.1) is 0 Å². The summed E-state index contributed by atoms with van der Waals surface area (Å²) in [5.74, 6) is -0.191. The van der Waals surface area contributed by atoms with Gasteiger partial charge in [-0.25, -0.2) is 14.6 Å². The van der Waals surface area contributed by atoms with E-state index in [1.165, 1.54) is 6.33 Å². The molecule has 2 aromatic heterocycles.